The molecule has 1 saturated heterocycles. The molecule has 1 aromatic carbocycles. The van der Waals surface area contributed by atoms with Crippen molar-refractivity contribution in [2.45, 2.75) is 25.1 Å². The van der Waals surface area contributed by atoms with E-state index >= 15 is 0 Å². The predicted octanol–water partition coefficient (Wildman–Crippen LogP) is 0.725. The topological polar surface area (TPSA) is 92.3 Å². The molecule has 1 fully saturated rings. The van der Waals surface area contributed by atoms with Crippen LogP contribution in [0.15, 0.2) is 24.3 Å². The number of anilines is 1. The number of benzene rings is 1. The minimum atomic E-state index is -3.69. The summed E-state index contributed by atoms with van der Waals surface area (Å²) in [4.78, 5) is 0. The van der Waals surface area contributed by atoms with Crippen LogP contribution in [0, 0.1) is 0 Å². The molecule has 0 aromatic heterocycles. The number of nitrogens with one attached hydrogen (secondary N) is 2. The van der Waals surface area contributed by atoms with E-state index in [0.29, 0.717) is 12.2 Å². The van der Waals surface area contributed by atoms with Gasteiger partial charge in [0.15, 0.2) is 9.84 Å². The third-order valence-corrected chi connectivity index (χ3v) is 7.23. The summed E-state index contributed by atoms with van der Waals surface area (Å²) >= 11 is 0. The highest BCUT2D eigenvalue weighted by Gasteiger charge is 2.37. The fourth-order valence-electron chi connectivity index (χ4n) is 2.28. The van der Waals surface area contributed by atoms with E-state index in [2.05, 4.69) is 10.0 Å². The fourth-order valence-corrected chi connectivity index (χ4v) is 6.41. The van der Waals surface area contributed by atoms with E-state index in [1.807, 2.05) is 19.1 Å². The van der Waals surface area contributed by atoms with Crippen LogP contribution in [0.25, 0.3) is 0 Å². The summed E-state index contributed by atoms with van der Waals surface area (Å²) in [6.07, 6.45) is 0.160. The van der Waals surface area contributed by atoms with Gasteiger partial charge in [0.2, 0.25) is 10.0 Å². The van der Waals surface area contributed by atoms with Gasteiger partial charge in [0.05, 0.1) is 22.4 Å². The average Bonchev–Trinajstić information content (AvgIpc) is 2.79. The SMILES string of the molecule is CCNCc1ccccc1NS(=O)(=O)C1CCS(=O)(=O)C1. The van der Waals surface area contributed by atoms with Crippen LogP contribution in [0.5, 0.6) is 0 Å². The van der Waals surface area contributed by atoms with Gasteiger partial charge < -0.3 is 5.32 Å². The molecule has 0 aliphatic carbocycles. The first-order valence-corrected chi connectivity index (χ1v) is 10.2. The van der Waals surface area contributed by atoms with Gasteiger partial charge in [-0.15, -0.1) is 0 Å². The Morgan fingerprint density at radius 1 is 1.29 bits per heavy atom. The van der Waals surface area contributed by atoms with Crippen LogP contribution < -0.4 is 10.0 Å². The number of sulfonamides is 1. The van der Waals surface area contributed by atoms with E-state index in [-0.39, 0.29) is 17.9 Å². The van der Waals surface area contributed by atoms with Crippen molar-refractivity contribution in [1.29, 1.82) is 0 Å². The first-order chi connectivity index (χ1) is 9.84. The summed E-state index contributed by atoms with van der Waals surface area (Å²) in [6.45, 7) is 3.30. The maximum Gasteiger partial charge on any atom is 0.236 e. The summed E-state index contributed by atoms with van der Waals surface area (Å²) in [5, 5.41) is 2.28. The van der Waals surface area contributed by atoms with Crippen LogP contribution in [-0.2, 0) is 26.4 Å². The van der Waals surface area contributed by atoms with Crippen LogP contribution in [0.3, 0.4) is 0 Å². The van der Waals surface area contributed by atoms with Gasteiger partial charge in [-0.2, -0.15) is 0 Å². The Labute approximate surface area is 125 Å². The average molecular weight is 332 g/mol. The molecule has 8 heteroatoms. The third kappa shape index (κ3) is 4.18. The summed E-state index contributed by atoms with van der Waals surface area (Å²) in [7, 11) is -6.92. The second-order valence-corrected chi connectivity index (χ2v) is 9.30. The number of sulfone groups is 1. The number of hydrogen-bond donors (Lipinski definition) is 2. The Hall–Kier alpha value is -1.12. The maximum absolute atomic E-state index is 12.3. The van der Waals surface area contributed by atoms with Crippen molar-refractivity contribution in [2.24, 2.45) is 0 Å². The van der Waals surface area contributed by atoms with Crippen LogP contribution in [0.4, 0.5) is 5.69 Å². The molecule has 2 rings (SSSR count). The molecule has 0 spiro atoms. The first-order valence-electron chi connectivity index (χ1n) is 6.85. The highest BCUT2D eigenvalue weighted by molar-refractivity contribution is 7.97. The van der Waals surface area contributed by atoms with E-state index in [9.17, 15) is 16.8 Å². The predicted molar refractivity (Wildman–Crippen MR) is 83.4 cm³/mol. The Kier molecular flexibility index (Phi) is 4.90. The molecule has 2 N–H and O–H groups in total. The Balaban J connectivity index is 2.17. The van der Waals surface area contributed by atoms with Gasteiger partial charge >= 0.3 is 0 Å². The molecule has 1 heterocycles. The molecule has 21 heavy (non-hydrogen) atoms. The van der Waals surface area contributed by atoms with Gasteiger partial charge in [0.25, 0.3) is 0 Å². The molecule has 1 aliphatic heterocycles. The van der Waals surface area contributed by atoms with Crippen molar-refractivity contribution in [2.75, 3.05) is 22.8 Å². The molecule has 0 radical (unpaired) electrons. The molecule has 1 aliphatic rings. The van der Waals surface area contributed by atoms with Crippen molar-refractivity contribution < 1.29 is 16.8 Å². The van der Waals surface area contributed by atoms with Gasteiger partial charge in [0.1, 0.15) is 0 Å². The van der Waals surface area contributed by atoms with Crippen LogP contribution >= 0.6 is 0 Å². The third-order valence-electron chi connectivity index (χ3n) is 3.46. The second kappa shape index (κ2) is 6.33. The van der Waals surface area contributed by atoms with E-state index < -0.39 is 25.1 Å². The molecule has 0 saturated carbocycles. The zero-order valence-corrected chi connectivity index (χ0v) is 13.5. The molecule has 0 amide bonds. The van der Waals surface area contributed by atoms with Crippen molar-refractivity contribution in [3.8, 4) is 0 Å². The normalized spacial score (nSPS) is 21.3. The smallest absolute Gasteiger partial charge is 0.236 e. The lowest BCUT2D eigenvalue weighted by atomic mass is 10.2. The molecular weight excluding hydrogens is 312 g/mol. The molecule has 0 bridgehead atoms. The van der Waals surface area contributed by atoms with Gasteiger partial charge in [-0.05, 0) is 24.6 Å². The van der Waals surface area contributed by atoms with Crippen molar-refractivity contribution >= 4 is 25.5 Å². The van der Waals surface area contributed by atoms with Gasteiger partial charge in [-0.25, -0.2) is 16.8 Å². The molecule has 1 unspecified atom stereocenters. The lowest BCUT2D eigenvalue weighted by molar-refractivity contribution is 0.587. The lowest BCUT2D eigenvalue weighted by Gasteiger charge is -2.15. The second-order valence-electron chi connectivity index (χ2n) is 5.11. The molecule has 1 atom stereocenters. The van der Waals surface area contributed by atoms with E-state index in [1.54, 1.807) is 12.1 Å². The number of rotatable bonds is 6. The molecule has 6 nitrogen and oxygen atoms in total. The summed E-state index contributed by atoms with van der Waals surface area (Å²) in [6, 6.07) is 7.11. The zero-order valence-electron chi connectivity index (χ0n) is 11.9. The zero-order chi connectivity index (χ0) is 15.5. The van der Waals surface area contributed by atoms with Crippen molar-refractivity contribution in [1.82, 2.24) is 5.32 Å². The first kappa shape index (κ1) is 16.3. The highest BCUT2D eigenvalue weighted by Crippen LogP contribution is 2.23. The maximum atomic E-state index is 12.3. The van der Waals surface area contributed by atoms with Gasteiger partial charge in [-0.3, -0.25) is 4.72 Å². The van der Waals surface area contributed by atoms with E-state index in [1.165, 1.54) is 0 Å². The Morgan fingerprint density at radius 2 is 2.00 bits per heavy atom. The largest absolute Gasteiger partial charge is 0.313 e. The Morgan fingerprint density at radius 3 is 2.62 bits per heavy atom. The van der Waals surface area contributed by atoms with E-state index in [0.717, 1.165) is 12.1 Å². The summed E-state index contributed by atoms with van der Waals surface area (Å²) in [5.41, 5.74) is 1.34. The number of hydrogen-bond acceptors (Lipinski definition) is 5. The van der Waals surface area contributed by atoms with Crippen LogP contribution in [-0.4, -0.2) is 40.1 Å². The van der Waals surface area contributed by atoms with Crippen molar-refractivity contribution in [3.05, 3.63) is 29.8 Å². The van der Waals surface area contributed by atoms with Crippen LogP contribution in [0.1, 0.15) is 18.9 Å². The molecule has 1 aromatic rings. The van der Waals surface area contributed by atoms with E-state index in [4.69, 9.17) is 0 Å². The van der Waals surface area contributed by atoms with Crippen molar-refractivity contribution in [3.63, 3.8) is 0 Å². The lowest BCUT2D eigenvalue weighted by Crippen LogP contribution is -2.29. The summed E-state index contributed by atoms with van der Waals surface area (Å²) in [5.74, 6) is -0.352. The van der Waals surface area contributed by atoms with Gasteiger partial charge in [0, 0.05) is 6.54 Å². The monoisotopic (exact) mass is 332 g/mol. The standard InChI is InChI=1S/C13H20N2O4S2/c1-2-14-9-11-5-3-4-6-13(11)15-21(18,19)12-7-8-20(16,17)10-12/h3-6,12,14-15H,2,7-10H2,1H3. The minimum absolute atomic E-state index is 0.0579. The quantitative estimate of drug-likeness (QED) is 0.801. The van der Waals surface area contributed by atoms with Gasteiger partial charge in [-0.1, -0.05) is 25.1 Å². The molecular formula is C13H20N2O4S2. The molecule has 118 valence electrons. The Bertz CT molecular complexity index is 699. The minimum Gasteiger partial charge on any atom is -0.313 e. The van der Waals surface area contributed by atoms with Crippen LogP contribution in [0.2, 0.25) is 0 Å². The number of para-hydroxylation sites is 1. The summed E-state index contributed by atoms with van der Waals surface area (Å²) < 4.78 is 50.1. The fraction of sp³-hybridized carbons (Fsp3) is 0.538. The highest BCUT2D eigenvalue weighted by atomic mass is 32.2.